The molecule has 0 radical (unpaired) electrons. The van der Waals surface area contributed by atoms with Crippen LogP contribution in [0, 0.1) is 11.8 Å². The highest BCUT2D eigenvalue weighted by Crippen LogP contribution is 2.45. The second kappa shape index (κ2) is 18.3. The highest BCUT2D eigenvalue weighted by molar-refractivity contribution is 5.44. The van der Waals surface area contributed by atoms with Crippen LogP contribution in [0.5, 0.6) is 28.7 Å². The zero-order chi connectivity index (χ0) is 34.6. The lowest BCUT2D eigenvalue weighted by Gasteiger charge is -2.50. The van der Waals surface area contributed by atoms with E-state index in [1.165, 1.54) is 25.7 Å². The van der Waals surface area contributed by atoms with E-state index < -0.39 is 0 Å². The van der Waals surface area contributed by atoms with E-state index in [-0.39, 0.29) is 30.0 Å². The first-order valence-corrected chi connectivity index (χ1v) is 18.0. The summed E-state index contributed by atoms with van der Waals surface area (Å²) in [6.45, 7) is 10.1. The Morgan fingerprint density at radius 1 is 0.667 bits per heavy atom. The van der Waals surface area contributed by atoms with Gasteiger partial charge < -0.3 is 24.4 Å². The summed E-state index contributed by atoms with van der Waals surface area (Å²) in [4.78, 5) is 4.34. The maximum absolute atomic E-state index is 11.5. The Labute approximate surface area is 289 Å². The average molecular weight is 662 g/mol. The highest BCUT2D eigenvalue weighted by atomic mass is 16.5. The van der Waals surface area contributed by atoms with E-state index in [1.54, 1.807) is 19.2 Å². The molecule has 1 heterocycles. The first-order chi connectivity index (χ1) is 23.2. The number of unbranched alkanes of at least 4 members (excludes halogenated alkanes) is 2. The van der Waals surface area contributed by atoms with Crippen LogP contribution in [-0.4, -0.2) is 54.4 Å². The van der Waals surface area contributed by atoms with Crippen LogP contribution in [0.15, 0.2) is 60.7 Å². The van der Waals surface area contributed by atoms with E-state index in [4.69, 9.17) is 14.2 Å². The monoisotopic (exact) mass is 661 g/mol. The van der Waals surface area contributed by atoms with Crippen LogP contribution in [-0.2, 0) is 0 Å². The summed E-state index contributed by atoms with van der Waals surface area (Å²) in [5.41, 5.74) is 2.53. The minimum atomic E-state index is -0.375. The van der Waals surface area contributed by atoms with Gasteiger partial charge in [0.2, 0.25) is 0 Å². The van der Waals surface area contributed by atoms with Gasteiger partial charge in [-0.1, -0.05) is 78.4 Å². The number of nitrogens with zero attached hydrogens (tertiary/aromatic N) is 2. The molecule has 3 aromatic rings. The van der Waals surface area contributed by atoms with E-state index in [9.17, 15) is 10.2 Å². The molecule has 0 amide bonds. The molecule has 3 aromatic carbocycles. The van der Waals surface area contributed by atoms with Crippen molar-refractivity contribution in [3.05, 3.63) is 77.4 Å². The van der Waals surface area contributed by atoms with Crippen LogP contribution in [0.25, 0.3) is 0 Å². The van der Waals surface area contributed by atoms with Gasteiger partial charge in [0.15, 0.2) is 0 Å². The zero-order valence-electron chi connectivity index (χ0n) is 30.2. The van der Waals surface area contributed by atoms with Crippen LogP contribution in [0.4, 0.5) is 0 Å². The van der Waals surface area contributed by atoms with Crippen LogP contribution >= 0.6 is 0 Å². The van der Waals surface area contributed by atoms with Gasteiger partial charge in [0.1, 0.15) is 28.7 Å². The number of methoxy groups -OCH3 is 1. The van der Waals surface area contributed by atoms with Crippen molar-refractivity contribution in [1.82, 2.24) is 15.1 Å². The van der Waals surface area contributed by atoms with Gasteiger partial charge in [0.25, 0.3) is 0 Å². The predicted molar refractivity (Wildman–Crippen MR) is 194 cm³/mol. The third-order valence-electron chi connectivity index (χ3n) is 9.97. The second-order valence-electron chi connectivity index (χ2n) is 13.3. The molecule has 0 aromatic heterocycles. The van der Waals surface area contributed by atoms with Gasteiger partial charge in [-0.05, 0) is 80.7 Å². The van der Waals surface area contributed by atoms with Crippen LogP contribution in [0.3, 0.4) is 0 Å². The van der Waals surface area contributed by atoms with Crippen molar-refractivity contribution >= 4 is 0 Å². The molecule has 5 unspecified atom stereocenters. The van der Waals surface area contributed by atoms with Gasteiger partial charge in [0, 0.05) is 23.3 Å². The molecule has 0 bridgehead atoms. The fraction of sp³-hybridized carbons (Fsp3) is 0.550. The Morgan fingerprint density at radius 2 is 1.15 bits per heavy atom. The quantitative estimate of drug-likeness (QED) is 0.124. The Balaban J connectivity index is 1.62. The molecule has 4 rings (SSSR count). The molecule has 8 nitrogen and oxygen atoms in total. The number of hydrogen-bond donors (Lipinski definition) is 3. The fourth-order valence-electron chi connectivity index (χ4n) is 6.72. The van der Waals surface area contributed by atoms with Crippen molar-refractivity contribution in [1.29, 1.82) is 0 Å². The molecular weight excluding hydrogens is 602 g/mol. The summed E-state index contributed by atoms with van der Waals surface area (Å²) < 4.78 is 17.7. The predicted octanol–water partition coefficient (Wildman–Crippen LogP) is 9.16. The maximum atomic E-state index is 11.5. The van der Waals surface area contributed by atoms with E-state index in [0.717, 1.165) is 48.1 Å². The lowest BCUT2D eigenvalue weighted by molar-refractivity contribution is -0.0674. The summed E-state index contributed by atoms with van der Waals surface area (Å²) in [6, 6.07) is 19.3. The summed E-state index contributed by atoms with van der Waals surface area (Å²) in [5.74, 6) is 3.45. The van der Waals surface area contributed by atoms with Crippen molar-refractivity contribution in [3.63, 3.8) is 0 Å². The second-order valence-corrected chi connectivity index (χ2v) is 13.3. The molecule has 1 saturated heterocycles. The van der Waals surface area contributed by atoms with Crippen molar-refractivity contribution < 1.29 is 24.4 Å². The van der Waals surface area contributed by atoms with Crippen molar-refractivity contribution in [2.24, 2.45) is 11.8 Å². The number of hydrogen-bond acceptors (Lipinski definition) is 8. The molecule has 0 aliphatic carbocycles. The molecule has 1 fully saturated rings. The third-order valence-corrected chi connectivity index (χ3v) is 9.97. The Hall–Kier alpha value is -3.46. The summed E-state index contributed by atoms with van der Waals surface area (Å²) in [5, 5.41) is 26.6. The third kappa shape index (κ3) is 9.36. The molecule has 0 saturated carbocycles. The lowest BCUT2D eigenvalue weighted by atomic mass is 9.99. The van der Waals surface area contributed by atoms with Crippen LogP contribution in [0.2, 0.25) is 0 Å². The average Bonchev–Trinajstić information content (AvgIpc) is 3.10. The molecule has 3 N–H and O–H groups in total. The van der Waals surface area contributed by atoms with Gasteiger partial charge in [-0.15, -0.1) is 0 Å². The van der Waals surface area contributed by atoms with Gasteiger partial charge in [-0.25, -0.2) is 0 Å². The van der Waals surface area contributed by atoms with Crippen molar-refractivity contribution in [2.45, 2.75) is 97.6 Å². The van der Waals surface area contributed by atoms with Gasteiger partial charge in [-0.2, -0.15) is 0 Å². The molecule has 8 heteroatoms. The molecule has 0 spiro atoms. The number of benzene rings is 3. The number of ether oxygens (including phenoxy) is 3. The highest BCUT2D eigenvalue weighted by Gasteiger charge is 2.41. The minimum Gasteiger partial charge on any atom is -0.507 e. The Morgan fingerprint density at radius 3 is 1.60 bits per heavy atom. The first kappa shape index (κ1) is 37.4. The van der Waals surface area contributed by atoms with Crippen molar-refractivity contribution in [3.8, 4) is 28.7 Å². The smallest absolute Gasteiger partial charge is 0.125 e. The fourth-order valence-corrected chi connectivity index (χ4v) is 6.72. The SMILES string of the molecule is CCCCC(CC)COc1ccc(C2NC(c3ccc(OC)cc3)N(C)C(c3ccc(OCC(CC)CCCC)cc3O)N2C)c(O)c1. The number of phenolic OH excluding ortho intramolecular Hbond substituents is 2. The topological polar surface area (TPSA) is 86.7 Å². The first-order valence-electron chi connectivity index (χ1n) is 18.0. The normalized spacial score (nSPS) is 19.9. The molecule has 1 aliphatic heterocycles. The molecular formula is C40H59N3O5. The summed E-state index contributed by atoms with van der Waals surface area (Å²) >= 11 is 0. The number of nitrogens with one attached hydrogen (secondary N) is 1. The van der Waals surface area contributed by atoms with E-state index in [0.29, 0.717) is 36.5 Å². The van der Waals surface area contributed by atoms with E-state index in [1.807, 2.05) is 62.6 Å². The van der Waals surface area contributed by atoms with Gasteiger partial charge in [-0.3, -0.25) is 15.1 Å². The largest absolute Gasteiger partial charge is 0.507 e. The number of rotatable bonds is 18. The molecule has 1 aliphatic rings. The molecule has 264 valence electrons. The van der Waals surface area contributed by atoms with Crippen molar-refractivity contribution in [2.75, 3.05) is 34.4 Å². The molecule has 5 atom stereocenters. The van der Waals surface area contributed by atoms with E-state index in [2.05, 4.69) is 42.8 Å². The lowest BCUT2D eigenvalue weighted by Crippen LogP contribution is -2.55. The minimum absolute atomic E-state index is 0.164. The summed E-state index contributed by atoms with van der Waals surface area (Å²) in [7, 11) is 5.71. The van der Waals surface area contributed by atoms with Crippen LogP contribution in [0.1, 0.15) is 114 Å². The standard InChI is InChI=1S/C40H59N3O5/c1-8-12-14-28(10-3)26-47-32-20-22-34(36(44)24-32)39-41-38(30-16-18-31(46-7)19-17-30)42(5)40(43(39)6)35-23-21-33(25-37(35)45)48-27-29(11-4)15-13-9-2/h16-25,28-29,38-41,44-45H,8-15,26-27H2,1-7H3. The Bertz CT molecular complexity index is 1400. The van der Waals surface area contributed by atoms with Gasteiger partial charge >= 0.3 is 0 Å². The maximum Gasteiger partial charge on any atom is 0.125 e. The summed E-state index contributed by atoms with van der Waals surface area (Å²) in [6.07, 6.45) is 8.24. The Kier molecular flexibility index (Phi) is 14.3. The zero-order valence-corrected chi connectivity index (χ0v) is 30.2. The number of phenols is 2. The van der Waals surface area contributed by atoms with E-state index >= 15 is 0 Å². The van der Waals surface area contributed by atoms with Crippen LogP contribution < -0.4 is 19.5 Å². The number of aromatic hydroxyl groups is 2. The van der Waals surface area contributed by atoms with Gasteiger partial charge in [0.05, 0.1) is 38.8 Å². The molecule has 48 heavy (non-hydrogen) atoms.